The lowest BCUT2D eigenvalue weighted by atomic mass is 10.2. The first-order valence-electron chi connectivity index (χ1n) is 8.77. The summed E-state index contributed by atoms with van der Waals surface area (Å²) < 4.78 is 1.73. The first kappa shape index (κ1) is 16.2. The van der Waals surface area contributed by atoms with Gasteiger partial charge in [-0.05, 0) is 49.2 Å². The first-order valence-corrected chi connectivity index (χ1v) is 9.14. The van der Waals surface area contributed by atoms with E-state index in [1.807, 2.05) is 48.5 Å². The van der Waals surface area contributed by atoms with Crippen LogP contribution in [0.3, 0.4) is 0 Å². The van der Waals surface area contributed by atoms with Crippen molar-refractivity contribution in [1.29, 1.82) is 0 Å². The van der Waals surface area contributed by atoms with E-state index in [9.17, 15) is 4.79 Å². The number of para-hydroxylation sites is 1. The average molecular weight is 354 g/mol. The molecule has 0 amide bonds. The molecule has 0 aliphatic carbocycles. The quantitative estimate of drug-likeness (QED) is 0.684. The van der Waals surface area contributed by atoms with Gasteiger partial charge in [0.1, 0.15) is 0 Å². The lowest BCUT2D eigenvalue weighted by Crippen LogP contribution is -2.33. The highest BCUT2D eigenvalue weighted by atomic mass is 35.5. The standard InChI is InChI=1S/C20H20ClN3O/c21-15-9-11-16(12-10-15)24-19(25)17-7-3-4-8-18(17)22-20(24)23-13-5-1-2-6-14-23/h3-4,7-12H,1-2,5-6,13-14H2. The molecule has 2 heterocycles. The number of anilines is 1. The molecule has 1 fully saturated rings. The molecule has 2 aromatic carbocycles. The molecule has 1 aromatic heterocycles. The second kappa shape index (κ2) is 6.89. The Morgan fingerprint density at radius 2 is 1.56 bits per heavy atom. The maximum absolute atomic E-state index is 13.2. The SMILES string of the molecule is O=c1c2ccccc2nc(N2CCCCCC2)n1-c1ccc(Cl)cc1. The summed E-state index contributed by atoms with van der Waals surface area (Å²) in [5.74, 6) is 0.730. The summed E-state index contributed by atoms with van der Waals surface area (Å²) in [6.07, 6.45) is 4.72. The molecule has 1 aliphatic rings. The lowest BCUT2D eigenvalue weighted by Gasteiger charge is -2.25. The van der Waals surface area contributed by atoms with E-state index in [2.05, 4.69) is 4.90 Å². The van der Waals surface area contributed by atoms with E-state index < -0.39 is 0 Å². The molecule has 0 unspecified atom stereocenters. The van der Waals surface area contributed by atoms with Crippen molar-refractivity contribution in [2.45, 2.75) is 25.7 Å². The Morgan fingerprint density at radius 3 is 2.28 bits per heavy atom. The molecule has 25 heavy (non-hydrogen) atoms. The molecule has 128 valence electrons. The zero-order valence-electron chi connectivity index (χ0n) is 14.0. The molecule has 0 radical (unpaired) electrons. The van der Waals surface area contributed by atoms with Crippen molar-refractivity contribution in [2.24, 2.45) is 0 Å². The predicted octanol–water partition coefficient (Wildman–Crippen LogP) is 4.42. The van der Waals surface area contributed by atoms with Crippen LogP contribution in [-0.2, 0) is 0 Å². The molecular weight excluding hydrogens is 334 g/mol. The van der Waals surface area contributed by atoms with Crippen LogP contribution in [0.4, 0.5) is 5.95 Å². The van der Waals surface area contributed by atoms with Gasteiger partial charge in [0, 0.05) is 18.1 Å². The van der Waals surface area contributed by atoms with E-state index in [1.54, 1.807) is 4.57 Å². The van der Waals surface area contributed by atoms with Gasteiger partial charge in [0.15, 0.2) is 0 Å². The minimum absolute atomic E-state index is 0.0350. The van der Waals surface area contributed by atoms with Gasteiger partial charge in [0.25, 0.3) is 5.56 Å². The summed E-state index contributed by atoms with van der Waals surface area (Å²) in [4.78, 5) is 20.3. The van der Waals surface area contributed by atoms with Gasteiger partial charge in [0.05, 0.1) is 16.6 Å². The van der Waals surface area contributed by atoms with Crippen LogP contribution in [0.15, 0.2) is 53.3 Å². The van der Waals surface area contributed by atoms with Crippen LogP contribution in [-0.4, -0.2) is 22.6 Å². The molecule has 0 spiro atoms. The number of nitrogens with zero attached hydrogens (tertiary/aromatic N) is 3. The number of benzene rings is 2. The summed E-state index contributed by atoms with van der Waals surface area (Å²) in [5, 5.41) is 1.29. The van der Waals surface area contributed by atoms with Gasteiger partial charge in [-0.3, -0.25) is 4.79 Å². The molecule has 1 aliphatic heterocycles. The maximum atomic E-state index is 13.2. The van der Waals surface area contributed by atoms with Crippen molar-refractivity contribution in [3.8, 4) is 5.69 Å². The average Bonchev–Trinajstić information content (AvgIpc) is 2.92. The predicted molar refractivity (Wildman–Crippen MR) is 103 cm³/mol. The summed E-state index contributed by atoms with van der Waals surface area (Å²) in [7, 11) is 0. The van der Waals surface area contributed by atoms with Crippen molar-refractivity contribution in [1.82, 2.24) is 9.55 Å². The zero-order valence-corrected chi connectivity index (χ0v) is 14.7. The second-order valence-corrected chi connectivity index (χ2v) is 6.88. The molecule has 0 atom stereocenters. The number of aromatic nitrogens is 2. The Morgan fingerprint density at radius 1 is 0.880 bits per heavy atom. The van der Waals surface area contributed by atoms with Crippen LogP contribution >= 0.6 is 11.6 Å². The van der Waals surface area contributed by atoms with Gasteiger partial charge in [-0.15, -0.1) is 0 Å². The third kappa shape index (κ3) is 3.14. The van der Waals surface area contributed by atoms with E-state index in [-0.39, 0.29) is 5.56 Å². The van der Waals surface area contributed by atoms with E-state index >= 15 is 0 Å². The summed E-state index contributed by atoms with van der Waals surface area (Å²) in [6, 6.07) is 14.9. The molecule has 5 heteroatoms. The number of hydrogen-bond donors (Lipinski definition) is 0. The normalized spacial score (nSPS) is 15.3. The molecule has 4 nitrogen and oxygen atoms in total. The van der Waals surface area contributed by atoms with Crippen LogP contribution in [0.1, 0.15) is 25.7 Å². The molecule has 4 rings (SSSR count). The number of halogens is 1. The molecule has 0 bridgehead atoms. The van der Waals surface area contributed by atoms with Crippen molar-refractivity contribution in [3.05, 3.63) is 63.9 Å². The fraction of sp³-hybridized carbons (Fsp3) is 0.300. The van der Waals surface area contributed by atoms with E-state index in [4.69, 9.17) is 16.6 Å². The van der Waals surface area contributed by atoms with Crippen molar-refractivity contribution < 1.29 is 0 Å². The zero-order chi connectivity index (χ0) is 17.2. The van der Waals surface area contributed by atoms with Crippen LogP contribution in [0, 0.1) is 0 Å². The third-order valence-electron chi connectivity index (χ3n) is 4.73. The Bertz CT molecular complexity index is 941. The van der Waals surface area contributed by atoms with E-state index in [0.29, 0.717) is 10.4 Å². The number of rotatable bonds is 2. The summed E-state index contributed by atoms with van der Waals surface area (Å²) in [6.45, 7) is 1.86. The summed E-state index contributed by atoms with van der Waals surface area (Å²) in [5.41, 5.74) is 1.51. The van der Waals surface area contributed by atoms with Gasteiger partial charge < -0.3 is 4.90 Å². The largest absolute Gasteiger partial charge is 0.342 e. The third-order valence-corrected chi connectivity index (χ3v) is 4.98. The highest BCUT2D eigenvalue weighted by Gasteiger charge is 2.19. The number of hydrogen-bond acceptors (Lipinski definition) is 3. The molecule has 3 aromatic rings. The molecule has 0 N–H and O–H groups in total. The second-order valence-electron chi connectivity index (χ2n) is 6.45. The highest BCUT2D eigenvalue weighted by molar-refractivity contribution is 6.30. The Kier molecular flexibility index (Phi) is 4.45. The van der Waals surface area contributed by atoms with Gasteiger partial charge in [0.2, 0.25) is 5.95 Å². The first-order chi connectivity index (χ1) is 12.2. The molecular formula is C20H20ClN3O. The fourth-order valence-corrected chi connectivity index (χ4v) is 3.55. The van der Waals surface area contributed by atoms with E-state index in [1.165, 1.54) is 12.8 Å². The van der Waals surface area contributed by atoms with Gasteiger partial charge in [-0.1, -0.05) is 36.6 Å². The van der Waals surface area contributed by atoms with Crippen LogP contribution in [0.25, 0.3) is 16.6 Å². The topological polar surface area (TPSA) is 38.1 Å². The monoisotopic (exact) mass is 353 g/mol. The smallest absolute Gasteiger partial charge is 0.267 e. The lowest BCUT2D eigenvalue weighted by molar-refractivity contribution is 0.726. The van der Waals surface area contributed by atoms with Gasteiger partial charge in [-0.2, -0.15) is 0 Å². The van der Waals surface area contributed by atoms with Gasteiger partial charge in [-0.25, -0.2) is 9.55 Å². The minimum Gasteiger partial charge on any atom is -0.342 e. The molecule has 0 saturated carbocycles. The van der Waals surface area contributed by atoms with Gasteiger partial charge >= 0.3 is 0 Å². The Labute approximate surface area is 151 Å². The van der Waals surface area contributed by atoms with E-state index in [0.717, 1.165) is 43.1 Å². The van der Waals surface area contributed by atoms with Crippen LogP contribution in [0.5, 0.6) is 0 Å². The number of fused-ring (bicyclic) bond motifs is 1. The Balaban J connectivity index is 1.96. The van der Waals surface area contributed by atoms with Crippen LogP contribution in [0.2, 0.25) is 5.02 Å². The van der Waals surface area contributed by atoms with Crippen molar-refractivity contribution >= 4 is 28.5 Å². The Hall–Kier alpha value is -2.33. The summed E-state index contributed by atoms with van der Waals surface area (Å²) >= 11 is 6.03. The van der Waals surface area contributed by atoms with Crippen LogP contribution < -0.4 is 10.5 Å². The fourth-order valence-electron chi connectivity index (χ4n) is 3.43. The minimum atomic E-state index is -0.0350. The van der Waals surface area contributed by atoms with Crippen molar-refractivity contribution in [2.75, 3.05) is 18.0 Å². The van der Waals surface area contributed by atoms with Crippen molar-refractivity contribution in [3.63, 3.8) is 0 Å². The highest BCUT2D eigenvalue weighted by Crippen LogP contribution is 2.23. The maximum Gasteiger partial charge on any atom is 0.267 e. The molecule has 1 saturated heterocycles.